The van der Waals surface area contributed by atoms with Crippen molar-refractivity contribution < 1.29 is 33.7 Å². The summed E-state index contributed by atoms with van der Waals surface area (Å²) >= 11 is 0. The number of carboxylic acid groups (broad SMARTS) is 1. The Kier molecular flexibility index (Phi) is 8.31. The first-order valence-corrected chi connectivity index (χ1v) is 11.4. The molecule has 192 valence electrons. The fraction of sp³-hybridized carbons (Fsp3) is 0.346. The van der Waals surface area contributed by atoms with E-state index in [-0.39, 0.29) is 36.2 Å². The number of aliphatic hydroxyl groups is 1. The van der Waals surface area contributed by atoms with Gasteiger partial charge in [-0.3, -0.25) is 9.59 Å². The first-order valence-electron chi connectivity index (χ1n) is 11.4. The molecule has 1 unspecified atom stereocenters. The number of carboxylic acids is 1. The molecule has 0 aliphatic heterocycles. The molecule has 0 aliphatic carbocycles. The highest BCUT2D eigenvalue weighted by atomic mass is 19.1. The highest BCUT2D eigenvalue weighted by molar-refractivity contribution is 5.93. The second-order valence-corrected chi connectivity index (χ2v) is 8.93. The summed E-state index contributed by atoms with van der Waals surface area (Å²) in [6.07, 6.45) is -0.368. The van der Waals surface area contributed by atoms with Gasteiger partial charge in [0.15, 0.2) is 5.69 Å². The lowest BCUT2D eigenvalue weighted by atomic mass is 9.94. The van der Waals surface area contributed by atoms with Crippen molar-refractivity contribution in [2.24, 2.45) is 5.92 Å². The van der Waals surface area contributed by atoms with Crippen molar-refractivity contribution in [3.05, 3.63) is 71.7 Å². The summed E-state index contributed by atoms with van der Waals surface area (Å²) in [4.78, 5) is 24.6. The van der Waals surface area contributed by atoms with E-state index in [9.17, 15) is 24.2 Å². The van der Waals surface area contributed by atoms with Crippen LogP contribution in [0.5, 0.6) is 11.6 Å². The van der Waals surface area contributed by atoms with E-state index in [4.69, 9.17) is 9.47 Å². The van der Waals surface area contributed by atoms with Crippen LogP contribution in [0.1, 0.15) is 49.3 Å². The molecular formula is C26H30FN3O6. The minimum Gasteiger partial charge on any atom is -0.497 e. The minimum absolute atomic E-state index is 0.0467. The van der Waals surface area contributed by atoms with Gasteiger partial charge in [0.25, 0.3) is 5.91 Å². The van der Waals surface area contributed by atoms with E-state index in [0.29, 0.717) is 11.3 Å². The van der Waals surface area contributed by atoms with Gasteiger partial charge in [-0.1, -0.05) is 38.1 Å². The topological polar surface area (TPSA) is 123 Å². The molecule has 0 spiro atoms. The molecule has 0 aliphatic rings. The van der Waals surface area contributed by atoms with Gasteiger partial charge in [0, 0.05) is 6.07 Å². The molecule has 36 heavy (non-hydrogen) atoms. The molecule has 3 aromatic rings. The van der Waals surface area contributed by atoms with Crippen LogP contribution < -0.4 is 14.8 Å². The SMILES string of the molecule is COc1ccc([C@H](CC(=O)O)NC(=O)c2cc(OCC(C)(O)C(C)C)n(-c3ccccc3F)n2)cc1. The molecule has 2 atom stereocenters. The lowest BCUT2D eigenvalue weighted by molar-refractivity contribution is -0.137. The van der Waals surface area contributed by atoms with E-state index in [2.05, 4.69) is 10.4 Å². The summed E-state index contributed by atoms with van der Waals surface area (Å²) in [5, 5.41) is 26.9. The maximum absolute atomic E-state index is 14.6. The molecule has 0 fully saturated rings. The number of carbonyl (C=O) groups excluding carboxylic acids is 1. The molecule has 1 heterocycles. The van der Waals surface area contributed by atoms with Gasteiger partial charge in [0.1, 0.15) is 23.9 Å². The summed E-state index contributed by atoms with van der Waals surface area (Å²) in [7, 11) is 1.51. The molecule has 2 aromatic carbocycles. The maximum Gasteiger partial charge on any atom is 0.305 e. The van der Waals surface area contributed by atoms with E-state index in [1.807, 2.05) is 13.8 Å². The fourth-order valence-electron chi connectivity index (χ4n) is 3.26. The number of benzene rings is 2. The second-order valence-electron chi connectivity index (χ2n) is 8.93. The third kappa shape index (κ3) is 6.39. The minimum atomic E-state index is -1.19. The van der Waals surface area contributed by atoms with Crippen LogP contribution in [0.3, 0.4) is 0 Å². The van der Waals surface area contributed by atoms with Crippen LogP contribution in [0.25, 0.3) is 5.69 Å². The van der Waals surface area contributed by atoms with Gasteiger partial charge < -0.3 is 25.0 Å². The van der Waals surface area contributed by atoms with E-state index in [0.717, 1.165) is 4.68 Å². The monoisotopic (exact) mass is 499 g/mol. The van der Waals surface area contributed by atoms with Crippen molar-refractivity contribution in [1.82, 2.24) is 15.1 Å². The third-order valence-corrected chi connectivity index (χ3v) is 5.95. The highest BCUT2D eigenvalue weighted by Crippen LogP contribution is 2.26. The van der Waals surface area contributed by atoms with Crippen LogP contribution in [-0.4, -0.2) is 51.2 Å². The molecule has 3 N–H and O–H groups in total. The molecule has 0 bridgehead atoms. The molecule has 0 saturated carbocycles. The number of hydrogen-bond acceptors (Lipinski definition) is 6. The zero-order valence-electron chi connectivity index (χ0n) is 20.6. The number of aliphatic carboxylic acids is 1. The fourth-order valence-corrected chi connectivity index (χ4v) is 3.26. The lowest BCUT2D eigenvalue weighted by Gasteiger charge is -2.27. The maximum atomic E-state index is 14.6. The summed E-state index contributed by atoms with van der Waals surface area (Å²) < 4.78 is 26.6. The largest absolute Gasteiger partial charge is 0.497 e. The predicted molar refractivity (Wildman–Crippen MR) is 130 cm³/mol. The van der Waals surface area contributed by atoms with Crippen molar-refractivity contribution in [3.8, 4) is 17.3 Å². The number of carbonyl (C=O) groups is 2. The highest BCUT2D eigenvalue weighted by Gasteiger charge is 2.28. The Hall–Kier alpha value is -3.92. The van der Waals surface area contributed by atoms with Crippen LogP contribution >= 0.6 is 0 Å². The normalized spacial score (nSPS) is 13.6. The Morgan fingerprint density at radius 2 is 1.83 bits per heavy atom. The van der Waals surface area contributed by atoms with Crippen molar-refractivity contribution >= 4 is 11.9 Å². The zero-order chi connectivity index (χ0) is 26.5. The van der Waals surface area contributed by atoms with Crippen LogP contribution in [0.2, 0.25) is 0 Å². The van der Waals surface area contributed by atoms with E-state index < -0.39 is 29.3 Å². The van der Waals surface area contributed by atoms with E-state index in [1.54, 1.807) is 37.3 Å². The van der Waals surface area contributed by atoms with Gasteiger partial charge in [-0.15, -0.1) is 0 Å². The molecular weight excluding hydrogens is 469 g/mol. The van der Waals surface area contributed by atoms with Crippen LogP contribution in [-0.2, 0) is 4.79 Å². The molecule has 0 saturated heterocycles. The molecule has 3 rings (SSSR count). The van der Waals surface area contributed by atoms with Crippen LogP contribution in [0.15, 0.2) is 54.6 Å². The quantitative estimate of drug-likeness (QED) is 0.367. The average Bonchev–Trinajstić information content (AvgIpc) is 3.26. The number of methoxy groups -OCH3 is 1. The number of nitrogens with zero attached hydrogens (tertiary/aromatic N) is 2. The third-order valence-electron chi connectivity index (χ3n) is 5.95. The van der Waals surface area contributed by atoms with Gasteiger partial charge in [-0.2, -0.15) is 9.78 Å². The molecule has 0 radical (unpaired) electrons. The van der Waals surface area contributed by atoms with Crippen LogP contribution in [0.4, 0.5) is 4.39 Å². The Balaban J connectivity index is 1.93. The Bertz CT molecular complexity index is 1210. The zero-order valence-corrected chi connectivity index (χ0v) is 20.6. The lowest BCUT2D eigenvalue weighted by Crippen LogP contribution is -2.38. The first kappa shape index (κ1) is 26.7. The van der Waals surface area contributed by atoms with Crippen molar-refractivity contribution in [1.29, 1.82) is 0 Å². The number of nitrogens with one attached hydrogen (secondary N) is 1. The Morgan fingerprint density at radius 3 is 2.42 bits per heavy atom. The molecule has 1 aromatic heterocycles. The Labute approximate surface area is 208 Å². The van der Waals surface area contributed by atoms with Gasteiger partial charge in [0.05, 0.1) is 25.2 Å². The molecule has 10 heteroatoms. The van der Waals surface area contributed by atoms with Crippen molar-refractivity contribution in [3.63, 3.8) is 0 Å². The average molecular weight is 500 g/mol. The number of halogens is 1. The van der Waals surface area contributed by atoms with Gasteiger partial charge in [0.2, 0.25) is 5.88 Å². The smallest absolute Gasteiger partial charge is 0.305 e. The predicted octanol–water partition coefficient (Wildman–Crippen LogP) is 3.75. The molecule has 1 amide bonds. The van der Waals surface area contributed by atoms with Crippen molar-refractivity contribution in [2.75, 3.05) is 13.7 Å². The summed E-state index contributed by atoms with van der Waals surface area (Å²) in [5.74, 6) is -1.87. The standard InChI is InChI=1S/C26H30FN3O6/c1-16(2)26(3,34)15-36-23-13-21(29-30(23)22-8-6-5-7-19(22)27)25(33)28-20(14-24(31)32)17-9-11-18(35-4)12-10-17/h5-13,16,20,34H,14-15H2,1-4H3,(H,28,33)(H,31,32)/t20-,26?/m0/s1. The second kappa shape index (κ2) is 11.2. The first-order chi connectivity index (χ1) is 17.0. The summed E-state index contributed by atoms with van der Waals surface area (Å²) in [6, 6.07) is 13.0. The number of para-hydroxylation sites is 1. The van der Waals surface area contributed by atoms with Gasteiger partial charge >= 0.3 is 5.97 Å². The number of rotatable bonds is 11. The van der Waals surface area contributed by atoms with Gasteiger partial charge in [-0.05, 0) is 42.7 Å². The number of amides is 1. The number of aromatic nitrogens is 2. The number of ether oxygens (including phenoxy) is 2. The molecule has 9 nitrogen and oxygen atoms in total. The van der Waals surface area contributed by atoms with E-state index in [1.165, 1.54) is 31.4 Å². The van der Waals surface area contributed by atoms with Gasteiger partial charge in [-0.25, -0.2) is 4.39 Å². The van der Waals surface area contributed by atoms with Crippen molar-refractivity contribution in [2.45, 2.75) is 38.8 Å². The summed E-state index contributed by atoms with van der Waals surface area (Å²) in [6.45, 7) is 5.15. The van der Waals surface area contributed by atoms with Crippen LogP contribution in [0, 0.1) is 11.7 Å². The Morgan fingerprint density at radius 1 is 1.17 bits per heavy atom. The van der Waals surface area contributed by atoms with E-state index >= 15 is 0 Å². The summed E-state index contributed by atoms with van der Waals surface area (Å²) in [5.41, 5.74) is -0.688. The number of hydrogen-bond donors (Lipinski definition) is 3.